The van der Waals surface area contributed by atoms with Crippen LogP contribution in [0.5, 0.6) is 0 Å². The van der Waals surface area contributed by atoms with Crippen molar-refractivity contribution in [2.75, 3.05) is 5.32 Å². The van der Waals surface area contributed by atoms with Crippen LogP contribution in [0.25, 0.3) is 10.9 Å². The molecule has 1 fully saturated rings. The first-order valence-electron chi connectivity index (χ1n) is 6.45. The van der Waals surface area contributed by atoms with Crippen molar-refractivity contribution in [2.45, 2.75) is 32.2 Å². The molecule has 88 valence electrons. The van der Waals surface area contributed by atoms with Crippen molar-refractivity contribution in [2.24, 2.45) is 5.92 Å². The Morgan fingerprint density at radius 2 is 2.12 bits per heavy atom. The Kier molecular flexibility index (Phi) is 2.71. The van der Waals surface area contributed by atoms with Crippen LogP contribution in [0, 0.1) is 5.92 Å². The Bertz CT molecular complexity index is 516. The van der Waals surface area contributed by atoms with Crippen LogP contribution in [-0.4, -0.2) is 11.0 Å². The molecule has 1 heterocycles. The van der Waals surface area contributed by atoms with Crippen LogP contribution in [0.1, 0.15) is 26.2 Å². The summed E-state index contributed by atoms with van der Waals surface area (Å²) < 4.78 is 0. The van der Waals surface area contributed by atoms with Crippen LogP contribution in [0.15, 0.2) is 36.5 Å². The summed E-state index contributed by atoms with van der Waals surface area (Å²) in [4.78, 5) is 4.40. The molecule has 1 aromatic carbocycles. The number of fused-ring (bicyclic) bond motifs is 1. The average molecular weight is 226 g/mol. The molecule has 2 atom stereocenters. The highest BCUT2D eigenvalue weighted by molar-refractivity contribution is 5.91. The van der Waals surface area contributed by atoms with E-state index in [1.54, 1.807) is 0 Å². The first-order valence-corrected chi connectivity index (χ1v) is 6.45. The molecular formula is C15H18N2. The second-order valence-electron chi connectivity index (χ2n) is 5.03. The van der Waals surface area contributed by atoms with Gasteiger partial charge in [-0.15, -0.1) is 0 Å². The van der Waals surface area contributed by atoms with Gasteiger partial charge in [0, 0.05) is 23.3 Å². The summed E-state index contributed by atoms with van der Waals surface area (Å²) in [5.41, 5.74) is 2.30. The standard InChI is InChI=1S/C15H18N2/c1-11-5-2-7-13(11)17-15-9-3-8-14-12(15)6-4-10-16-14/h3-4,6,8-11,13,17H,2,5,7H2,1H3. The molecule has 2 heteroatoms. The zero-order valence-corrected chi connectivity index (χ0v) is 10.2. The number of nitrogens with zero attached hydrogens (tertiary/aromatic N) is 1. The molecule has 0 saturated heterocycles. The van der Waals surface area contributed by atoms with Crippen LogP contribution >= 0.6 is 0 Å². The largest absolute Gasteiger partial charge is 0.381 e. The van der Waals surface area contributed by atoms with Crippen molar-refractivity contribution < 1.29 is 0 Å². The van der Waals surface area contributed by atoms with E-state index in [0.717, 1.165) is 11.4 Å². The van der Waals surface area contributed by atoms with E-state index in [4.69, 9.17) is 0 Å². The van der Waals surface area contributed by atoms with Crippen molar-refractivity contribution in [1.29, 1.82) is 0 Å². The normalized spacial score (nSPS) is 24.1. The fraction of sp³-hybridized carbons (Fsp3) is 0.400. The highest BCUT2D eigenvalue weighted by Gasteiger charge is 2.23. The summed E-state index contributed by atoms with van der Waals surface area (Å²) in [6, 6.07) is 11.1. The average Bonchev–Trinajstić information content (AvgIpc) is 2.76. The molecule has 1 N–H and O–H groups in total. The summed E-state index contributed by atoms with van der Waals surface area (Å²) in [6.45, 7) is 2.34. The van der Waals surface area contributed by atoms with Crippen molar-refractivity contribution in [3.05, 3.63) is 36.5 Å². The SMILES string of the molecule is CC1CCCC1Nc1cccc2ncccc12. The van der Waals surface area contributed by atoms with E-state index in [0.29, 0.717) is 6.04 Å². The highest BCUT2D eigenvalue weighted by Crippen LogP contribution is 2.30. The van der Waals surface area contributed by atoms with Gasteiger partial charge < -0.3 is 5.32 Å². The second kappa shape index (κ2) is 4.36. The van der Waals surface area contributed by atoms with Gasteiger partial charge in [0.1, 0.15) is 0 Å². The zero-order chi connectivity index (χ0) is 11.7. The molecule has 0 amide bonds. The summed E-state index contributed by atoms with van der Waals surface area (Å²) >= 11 is 0. The third-order valence-corrected chi connectivity index (χ3v) is 3.85. The predicted octanol–water partition coefficient (Wildman–Crippen LogP) is 3.84. The lowest BCUT2D eigenvalue weighted by Gasteiger charge is -2.19. The van der Waals surface area contributed by atoms with Crippen molar-refractivity contribution in [3.63, 3.8) is 0 Å². The molecule has 17 heavy (non-hydrogen) atoms. The van der Waals surface area contributed by atoms with Gasteiger partial charge in [-0.25, -0.2) is 0 Å². The van der Waals surface area contributed by atoms with E-state index in [9.17, 15) is 0 Å². The van der Waals surface area contributed by atoms with E-state index in [-0.39, 0.29) is 0 Å². The maximum absolute atomic E-state index is 4.40. The number of anilines is 1. The monoisotopic (exact) mass is 226 g/mol. The summed E-state index contributed by atoms with van der Waals surface area (Å²) in [5, 5.41) is 4.92. The van der Waals surface area contributed by atoms with Crippen LogP contribution in [0.3, 0.4) is 0 Å². The minimum Gasteiger partial charge on any atom is -0.381 e. The van der Waals surface area contributed by atoms with E-state index in [2.05, 4.69) is 41.5 Å². The zero-order valence-electron chi connectivity index (χ0n) is 10.2. The number of pyridine rings is 1. The van der Waals surface area contributed by atoms with E-state index >= 15 is 0 Å². The van der Waals surface area contributed by atoms with Gasteiger partial charge in [0.25, 0.3) is 0 Å². The van der Waals surface area contributed by atoms with Crippen LogP contribution in [-0.2, 0) is 0 Å². The summed E-state index contributed by atoms with van der Waals surface area (Å²) in [5.74, 6) is 0.780. The molecule has 1 aliphatic carbocycles. The number of aromatic nitrogens is 1. The molecule has 1 aromatic heterocycles. The molecule has 1 aliphatic rings. The first kappa shape index (κ1) is 10.6. The van der Waals surface area contributed by atoms with E-state index < -0.39 is 0 Å². The molecule has 2 unspecified atom stereocenters. The highest BCUT2D eigenvalue weighted by atomic mass is 14.9. The molecule has 0 spiro atoms. The van der Waals surface area contributed by atoms with E-state index in [1.165, 1.54) is 30.3 Å². The summed E-state index contributed by atoms with van der Waals surface area (Å²) in [6.07, 6.45) is 5.84. The maximum Gasteiger partial charge on any atom is 0.0722 e. The molecular weight excluding hydrogens is 208 g/mol. The van der Waals surface area contributed by atoms with Crippen molar-refractivity contribution in [1.82, 2.24) is 4.98 Å². The smallest absolute Gasteiger partial charge is 0.0722 e. The fourth-order valence-electron chi connectivity index (χ4n) is 2.79. The van der Waals surface area contributed by atoms with Crippen LogP contribution < -0.4 is 5.32 Å². The Morgan fingerprint density at radius 1 is 1.18 bits per heavy atom. The molecule has 3 rings (SSSR count). The van der Waals surface area contributed by atoms with Gasteiger partial charge in [-0.2, -0.15) is 0 Å². The van der Waals surface area contributed by atoms with Gasteiger partial charge in [-0.1, -0.05) is 19.4 Å². The molecule has 1 saturated carbocycles. The number of rotatable bonds is 2. The number of nitrogens with one attached hydrogen (secondary N) is 1. The van der Waals surface area contributed by atoms with Crippen LogP contribution in [0.2, 0.25) is 0 Å². The predicted molar refractivity (Wildman–Crippen MR) is 72.2 cm³/mol. The minimum absolute atomic E-state index is 0.626. The molecule has 2 aromatic rings. The Hall–Kier alpha value is -1.57. The topological polar surface area (TPSA) is 24.9 Å². The first-order chi connectivity index (χ1) is 8.34. The third-order valence-electron chi connectivity index (χ3n) is 3.85. The van der Waals surface area contributed by atoms with Gasteiger partial charge in [0.15, 0.2) is 0 Å². The van der Waals surface area contributed by atoms with Gasteiger partial charge in [0.05, 0.1) is 5.52 Å². The number of hydrogen-bond donors (Lipinski definition) is 1. The number of benzene rings is 1. The van der Waals surface area contributed by atoms with Crippen LogP contribution in [0.4, 0.5) is 5.69 Å². The fourth-order valence-corrected chi connectivity index (χ4v) is 2.79. The van der Waals surface area contributed by atoms with Gasteiger partial charge in [-0.3, -0.25) is 4.98 Å². The molecule has 0 aliphatic heterocycles. The minimum atomic E-state index is 0.626. The third kappa shape index (κ3) is 1.99. The maximum atomic E-state index is 4.40. The van der Waals surface area contributed by atoms with Crippen molar-refractivity contribution >= 4 is 16.6 Å². The Morgan fingerprint density at radius 3 is 2.94 bits per heavy atom. The lowest BCUT2D eigenvalue weighted by Crippen LogP contribution is -2.21. The lowest BCUT2D eigenvalue weighted by molar-refractivity contribution is 0.557. The van der Waals surface area contributed by atoms with Crippen molar-refractivity contribution in [3.8, 4) is 0 Å². The quantitative estimate of drug-likeness (QED) is 0.841. The lowest BCUT2D eigenvalue weighted by atomic mass is 10.1. The molecule has 0 radical (unpaired) electrons. The molecule has 2 nitrogen and oxygen atoms in total. The Labute approximate surface area is 102 Å². The second-order valence-corrected chi connectivity index (χ2v) is 5.03. The number of hydrogen-bond acceptors (Lipinski definition) is 2. The van der Waals surface area contributed by atoms with E-state index in [1.807, 2.05) is 12.3 Å². The van der Waals surface area contributed by atoms with Gasteiger partial charge in [-0.05, 0) is 43.0 Å². The van der Waals surface area contributed by atoms with Gasteiger partial charge >= 0.3 is 0 Å². The Balaban J connectivity index is 1.94. The summed E-state index contributed by atoms with van der Waals surface area (Å²) in [7, 11) is 0. The molecule has 0 bridgehead atoms. The van der Waals surface area contributed by atoms with Gasteiger partial charge in [0.2, 0.25) is 0 Å².